The van der Waals surface area contributed by atoms with E-state index in [0.717, 1.165) is 13.1 Å². The van der Waals surface area contributed by atoms with Crippen molar-refractivity contribution in [2.24, 2.45) is 0 Å². The number of phenols is 1. The summed E-state index contributed by atoms with van der Waals surface area (Å²) in [5, 5.41) is 10.2. The number of carbonyl (C=O) groups excluding carboxylic acids is 1. The topological polar surface area (TPSA) is 43.8 Å². The number of hydrogen-bond donors (Lipinski definition) is 1. The van der Waals surface area contributed by atoms with Crippen LogP contribution in [0.5, 0.6) is 5.75 Å². The molecule has 1 fully saturated rings. The van der Waals surface area contributed by atoms with E-state index in [2.05, 4.69) is 4.90 Å². The Morgan fingerprint density at radius 3 is 2.78 bits per heavy atom. The molecule has 18 heavy (non-hydrogen) atoms. The van der Waals surface area contributed by atoms with Gasteiger partial charge in [-0.3, -0.25) is 4.79 Å². The van der Waals surface area contributed by atoms with Crippen LogP contribution in [0.15, 0.2) is 18.2 Å². The van der Waals surface area contributed by atoms with Crippen molar-refractivity contribution in [2.75, 3.05) is 26.7 Å². The SMILES string of the molecule is CC1CN(C)CCN1C(=O)c1ccc(Cl)cc1O. The molecule has 0 aliphatic carbocycles. The molecule has 0 aromatic heterocycles. The van der Waals surface area contributed by atoms with Crippen molar-refractivity contribution in [1.29, 1.82) is 0 Å². The minimum absolute atomic E-state index is 0.0568. The molecule has 0 saturated carbocycles. The van der Waals surface area contributed by atoms with Gasteiger partial charge in [0, 0.05) is 30.7 Å². The number of phenolic OH excluding ortho intramolecular Hbond substituents is 1. The first-order valence-electron chi connectivity index (χ1n) is 5.97. The molecule has 2 rings (SSSR count). The summed E-state index contributed by atoms with van der Waals surface area (Å²) in [6, 6.07) is 4.74. The van der Waals surface area contributed by atoms with Crippen LogP contribution in [-0.2, 0) is 0 Å². The highest BCUT2D eigenvalue weighted by atomic mass is 35.5. The molecular formula is C13H17ClN2O2. The summed E-state index contributed by atoms with van der Waals surface area (Å²) in [5.74, 6) is -0.191. The fourth-order valence-electron chi connectivity index (χ4n) is 2.28. The number of rotatable bonds is 1. The van der Waals surface area contributed by atoms with Crippen molar-refractivity contribution >= 4 is 17.5 Å². The number of benzene rings is 1. The third kappa shape index (κ3) is 2.60. The van der Waals surface area contributed by atoms with Gasteiger partial charge in [-0.25, -0.2) is 0 Å². The van der Waals surface area contributed by atoms with E-state index >= 15 is 0 Å². The zero-order valence-electron chi connectivity index (χ0n) is 10.6. The summed E-state index contributed by atoms with van der Waals surface area (Å²) in [6.07, 6.45) is 0. The van der Waals surface area contributed by atoms with Crippen LogP contribution < -0.4 is 0 Å². The van der Waals surface area contributed by atoms with E-state index in [0.29, 0.717) is 17.1 Å². The van der Waals surface area contributed by atoms with Crippen LogP contribution in [-0.4, -0.2) is 53.5 Å². The van der Waals surface area contributed by atoms with E-state index in [-0.39, 0.29) is 17.7 Å². The lowest BCUT2D eigenvalue weighted by atomic mass is 10.1. The first-order valence-corrected chi connectivity index (χ1v) is 6.35. The third-order valence-corrected chi connectivity index (χ3v) is 3.52. The Morgan fingerprint density at radius 2 is 2.17 bits per heavy atom. The monoisotopic (exact) mass is 268 g/mol. The summed E-state index contributed by atoms with van der Waals surface area (Å²) in [4.78, 5) is 16.3. The van der Waals surface area contributed by atoms with Crippen molar-refractivity contribution < 1.29 is 9.90 Å². The van der Waals surface area contributed by atoms with E-state index < -0.39 is 0 Å². The lowest BCUT2D eigenvalue weighted by Crippen LogP contribution is -2.52. The number of aromatic hydroxyl groups is 1. The maximum atomic E-state index is 12.4. The first-order chi connectivity index (χ1) is 8.49. The molecule has 1 saturated heterocycles. The third-order valence-electron chi connectivity index (χ3n) is 3.28. The fraction of sp³-hybridized carbons (Fsp3) is 0.462. The second-order valence-corrected chi connectivity index (χ2v) is 5.21. The number of piperazine rings is 1. The van der Waals surface area contributed by atoms with Crippen molar-refractivity contribution in [3.63, 3.8) is 0 Å². The Morgan fingerprint density at radius 1 is 1.44 bits per heavy atom. The maximum Gasteiger partial charge on any atom is 0.257 e. The predicted molar refractivity (Wildman–Crippen MR) is 71.1 cm³/mol. The van der Waals surface area contributed by atoms with E-state index in [1.165, 1.54) is 6.07 Å². The molecule has 5 heteroatoms. The molecule has 1 unspecified atom stereocenters. The summed E-state index contributed by atoms with van der Waals surface area (Å²) < 4.78 is 0. The van der Waals surface area contributed by atoms with Gasteiger partial charge in [0.05, 0.1) is 5.56 Å². The lowest BCUT2D eigenvalue weighted by Gasteiger charge is -2.38. The van der Waals surface area contributed by atoms with Gasteiger partial charge in [-0.2, -0.15) is 0 Å². The van der Waals surface area contributed by atoms with Gasteiger partial charge in [-0.15, -0.1) is 0 Å². The van der Waals surface area contributed by atoms with E-state index in [1.807, 2.05) is 14.0 Å². The zero-order valence-corrected chi connectivity index (χ0v) is 11.3. The standard InChI is InChI=1S/C13H17ClN2O2/c1-9-8-15(2)5-6-16(9)13(18)11-4-3-10(14)7-12(11)17/h3-4,7,9,17H,5-6,8H2,1-2H3. The summed E-state index contributed by atoms with van der Waals surface area (Å²) in [7, 11) is 2.04. The second kappa shape index (κ2) is 5.16. The Hall–Kier alpha value is -1.26. The summed E-state index contributed by atoms with van der Waals surface area (Å²) in [5.41, 5.74) is 0.316. The highest BCUT2D eigenvalue weighted by Gasteiger charge is 2.27. The number of likely N-dealkylation sites (N-methyl/N-ethyl adjacent to an activating group) is 1. The number of nitrogens with zero attached hydrogens (tertiary/aromatic N) is 2. The van der Waals surface area contributed by atoms with Crippen LogP contribution >= 0.6 is 11.6 Å². The quantitative estimate of drug-likeness (QED) is 0.845. The van der Waals surface area contributed by atoms with Gasteiger partial charge in [-0.1, -0.05) is 11.6 Å². The Balaban J connectivity index is 2.20. The predicted octanol–water partition coefficient (Wildman–Crippen LogP) is 1.82. The molecule has 1 atom stereocenters. The maximum absolute atomic E-state index is 12.4. The van der Waals surface area contributed by atoms with Crippen molar-refractivity contribution in [2.45, 2.75) is 13.0 Å². The van der Waals surface area contributed by atoms with Crippen LogP contribution in [0, 0.1) is 0 Å². The number of carbonyl (C=O) groups is 1. The van der Waals surface area contributed by atoms with Crippen molar-refractivity contribution in [3.05, 3.63) is 28.8 Å². The van der Waals surface area contributed by atoms with Crippen molar-refractivity contribution in [1.82, 2.24) is 9.80 Å². The molecule has 1 aromatic rings. The largest absolute Gasteiger partial charge is 0.507 e. The Bertz CT molecular complexity index is 464. The smallest absolute Gasteiger partial charge is 0.257 e. The Labute approximate surface area is 112 Å². The van der Waals surface area contributed by atoms with Gasteiger partial charge in [0.15, 0.2) is 0 Å². The average Bonchev–Trinajstić information content (AvgIpc) is 2.28. The number of hydrogen-bond acceptors (Lipinski definition) is 3. The lowest BCUT2D eigenvalue weighted by molar-refractivity contribution is 0.0531. The minimum atomic E-state index is -0.134. The minimum Gasteiger partial charge on any atom is -0.507 e. The van der Waals surface area contributed by atoms with E-state index in [9.17, 15) is 9.90 Å². The fourth-order valence-corrected chi connectivity index (χ4v) is 2.45. The second-order valence-electron chi connectivity index (χ2n) is 4.77. The number of amides is 1. The number of halogens is 1. The molecule has 1 aliphatic heterocycles. The molecular weight excluding hydrogens is 252 g/mol. The first kappa shape index (κ1) is 13.2. The molecule has 0 radical (unpaired) electrons. The van der Waals surface area contributed by atoms with Crippen LogP contribution in [0.1, 0.15) is 17.3 Å². The molecule has 1 N–H and O–H groups in total. The van der Waals surface area contributed by atoms with Crippen LogP contribution in [0.4, 0.5) is 0 Å². The van der Waals surface area contributed by atoms with E-state index in [1.54, 1.807) is 17.0 Å². The molecule has 4 nitrogen and oxygen atoms in total. The highest BCUT2D eigenvalue weighted by molar-refractivity contribution is 6.30. The highest BCUT2D eigenvalue weighted by Crippen LogP contribution is 2.24. The summed E-state index contributed by atoms with van der Waals surface area (Å²) in [6.45, 7) is 4.39. The molecule has 0 bridgehead atoms. The van der Waals surface area contributed by atoms with Gasteiger partial charge < -0.3 is 14.9 Å². The molecule has 1 heterocycles. The molecule has 1 aromatic carbocycles. The normalized spacial score (nSPS) is 21.1. The molecule has 98 valence electrons. The van der Waals surface area contributed by atoms with Gasteiger partial charge in [0.2, 0.25) is 0 Å². The zero-order chi connectivity index (χ0) is 13.3. The molecule has 0 spiro atoms. The summed E-state index contributed by atoms with van der Waals surface area (Å²) >= 11 is 5.76. The van der Waals surface area contributed by atoms with E-state index in [4.69, 9.17) is 11.6 Å². The Kier molecular flexibility index (Phi) is 3.78. The molecule has 1 aliphatic rings. The van der Waals surface area contributed by atoms with Gasteiger partial charge >= 0.3 is 0 Å². The van der Waals surface area contributed by atoms with Crippen molar-refractivity contribution in [3.8, 4) is 5.75 Å². The van der Waals surface area contributed by atoms with Gasteiger partial charge in [0.1, 0.15) is 5.75 Å². The molecule has 1 amide bonds. The average molecular weight is 269 g/mol. The van der Waals surface area contributed by atoms with Gasteiger partial charge in [0.25, 0.3) is 5.91 Å². The van der Waals surface area contributed by atoms with Crippen LogP contribution in [0.3, 0.4) is 0 Å². The van der Waals surface area contributed by atoms with Gasteiger partial charge in [-0.05, 0) is 32.2 Å². The van der Waals surface area contributed by atoms with Crippen LogP contribution in [0.25, 0.3) is 0 Å². The van der Waals surface area contributed by atoms with Crippen LogP contribution in [0.2, 0.25) is 5.02 Å².